The lowest BCUT2D eigenvalue weighted by Crippen LogP contribution is -2.00. The molecule has 0 atom stereocenters. The predicted octanol–water partition coefficient (Wildman–Crippen LogP) is 1.32. The van der Waals surface area contributed by atoms with E-state index in [1.165, 1.54) is 0 Å². The second-order valence-corrected chi connectivity index (χ2v) is 3.06. The van der Waals surface area contributed by atoms with Crippen molar-refractivity contribution in [3.05, 3.63) is 33.0 Å². The standard InChI is InChI=1S/C8H6ClN3O4/c9-7-4(1-2-6(13)14)3-5(12(15)16)8(10)11-7/h1-3H,(H2,10,11)(H,13,14). The first-order valence-electron chi connectivity index (χ1n) is 3.93. The van der Waals surface area contributed by atoms with Crippen LogP contribution in [0.1, 0.15) is 5.56 Å². The van der Waals surface area contributed by atoms with E-state index in [2.05, 4.69) is 4.98 Å². The van der Waals surface area contributed by atoms with Crippen LogP contribution in [0, 0.1) is 10.1 Å². The van der Waals surface area contributed by atoms with E-state index in [9.17, 15) is 14.9 Å². The summed E-state index contributed by atoms with van der Waals surface area (Å²) in [5.74, 6) is -1.52. The van der Waals surface area contributed by atoms with Crippen molar-refractivity contribution in [1.29, 1.82) is 0 Å². The number of aromatic nitrogens is 1. The van der Waals surface area contributed by atoms with Crippen LogP contribution in [0.5, 0.6) is 0 Å². The highest BCUT2D eigenvalue weighted by molar-refractivity contribution is 6.31. The highest BCUT2D eigenvalue weighted by Gasteiger charge is 2.15. The Morgan fingerprint density at radius 2 is 2.31 bits per heavy atom. The smallest absolute Gasteiger partial charge is 0.328 e. The van der Waals surface area contributed by atoms with Gasteiger partial charge in [0.25, 0.3) is 0 Å². The molecular formula is C8H6ClN3O4. The summed E-state index contributed by atoms with van der Waals surface area (Å²) in [5.41, 5.74) is 4.96. The first kappa shape index (κ1) is 11.9. The maximum Gasteiger partial charge on any atom is 0.328 e. The molecular weight excluding hydrogens is 238 g/mol. The minimum absolute atomic E-state index is 0.0967. The maximum absolute atomic E-state index is 10.5. The zero-order chi connectivity index (χ0) is 12.3. The van der Waals surface area contributed by atoms with Crippen molar-refractivity contribution in [2.75, 3.05) is 5.73 Å². The van der Waals surface area contributed by atoms with Gasteiger partial charge in [-0.3, -0.25) is 10.1 Å². The van der Waals surface area contributed by atoms with Gasteiger partial charge in [-0.1, -0.05) is 11.6 Å². The Balaban J connectivity index is 3.25. The van der Waals surface area contributed by atoms with E-state index in [-0.39, 0.29) is 16.5 Å². The van der Waals surface area contributed by atoms with Gasteiger partial charge in [0.15, 0.2) is 0 Å². The normalized spacial score (nSPS) is 10.6. The Bertz CT molecular complexity index is 486. The van der Waals surface area contributed by atoms with Crippen LogP contribution >= 0.6 is 11.6 Å². The number of hydrogen-bond donors (Lipinski definition) is 2. The molecule has 8 heteroatoms. The Hall–Kier alpha value is -2.15. The third-order valence-electron chi connectivity index (χ3n) is 1.61. The lowest BCUT2D eigenvalue weighted by atomic mass is 10.2. The zero-order valence-electron chi connectivity index (χ0n) is 7.75. The van der Waals surface area contributed by atoms with Gasteiger partial charge in [0.1, 0.15) is 5.15 Å². The molecule has 16 heavy (non-hydrogen) atoms. The summed E-state index contributed by atoms with van der Waals surface area (Å²) in [5, 5.41) is 18.8. The number of carboxylic acids is 1. The summed E-state index contributed by atoms with van der Waals surface area (Å²) in [7, 11) is 0. The van der Waals surface area contributed by atoms with Gasteiger partial charge in [-0.25, -0.2) is 9.78 Å². The number of nitrogens with zero attached hydrogens (tertiary/aromatic N) is 2. The SMILES string of the molecule is Nc1nc(Cl)c(C=CC(=O)O)cc1[N+](=O)[O-]. The van der Waals surface area contributed by atoms with E-state index < -0.39 is 16.6 Å². The van der Waals surface area contributed by atoms with Crippen molar-refractivity contribution >= 4 is 35.2 Å². The molecule has 0 saturated carbocycles. The molecule has 0 fully saturated rings. The van der Waals surface area contributed by atoms with Gasteiger partial charge >= 0.3 is 11.7 Å². The summed E-state index contributed by atoms with van der Waals surface area (Å²) >= 11 is 5.63. The quantitative estimate of drug-likeness (QED) is 0.358. The van der Waals surface area contributed by atoms with Crippen molar-refractivity contribution < 1.29 is 14.8 Å². The summed E-state index contributed by atoms with van der Waals surface area (Å²) in [6, 6.07) is 1.06. The van der Waals surface area contributed by atoms with Gasteiger partial charge in [0, 0.05) is 17.7 Å². The number of carbonyl (C=O) groups is 1. The van der Waals surface area contributed by atoms with Gasteiger partial charge in [-0.05, 0) is 6.08 Å². The molecule has 0 aromatic carbocycles. The predicted molar refractivity (Wildman–Crippen MR) is 57.0 cm³/mol. The average Bonchev–Trinajstić information content (AvgIpc) is 2.15. The average molecular weight is 244 g/mol. The summed E-state index contributed by atoms with van der Waals surface area (Å²) in [6.07, 6.45) is 1.90. The number of anilines is 1. The number of rotatable bonds is 3. The van der Waals surface area contributed by atoms with Crippen LogP contribution in [0.3, 0.4) is 0 Å². The van der Waals surface area contributed by atoms with Gasteiger partial charge in [-0.2, -0.15) is 0 Å². The number of nitrogen functional groups attached to an aromatic ring is 1. The fourth-order valence-electron chi connectivity index (χ4n) is 0.933. The number of carboxylic acid groups (broad SMARTS) is 1. The second-order valence-electron chi connectivity index (χ2n) is 2.70. The number of nitro groups is 1. The van der Waals surface area contributed by atoms with Crippen LogP contribution in [0.4, 0.5) is 11.5 Å². The van der Waals surface area contributed by atoms with Crippen LogP contribution in [0.2, 0.25) is 5.15 Å². The molecule has 3 N–H and O–H groups in total. The molecule has 0 aliphatic rings. The summed E-state index contributed by atoms with van der Waals surface area (Å²) < 4.78 is 0. The molecule has 0 saturated heterocycles. The van der Waals surface area contributed by atoms with Gasteiger partial charge in [-0.15, -0.1) is 0 Å². The van der Waals surface area contributed by atoms with Crippen molar-refractivity contribution in [2.45, 2.75) is 0 Å². The molecule has 0 bridgehead atoms. The van der Waals surface area contributed by atoms with Gasteiger partial charge in [0.05, 0.1) is 4.92 Å². The molecule has 1 heterocycles. The molecule has 0 unspecified atom stereocenters. The minimum Gasteiger partial charge on any atom is -0.478 e. The largest absolute Gasteiger partial charge is 0.478 e. The number of hydrogen-bond acceptors (Lipinski definition) is 5. The molecule has 0 aliphatic heterocycles. The lowest BCUT2D eigenvalue weighted by molar-refractivity contribution is -0.384. The number of halogens is 1. The van der Waals surface area contributed by atoms with Crippen molar-refractivity contribution in [1.82, 2.24) is 4.98 Å². The van der Waals surface area contributed by atoms with Gasteiger partial charge < -0.3 is 10.8 Å². The molecule has 0 aliphatic carbocycles. The monoisotopic (exact) mass is 243 g/mol. The third kappa shape index (κ3) is 2.67. The highest BCUT2D eigenvalue weighted by atomic mass is 35.5. The van der Waals surface area contributed by atoms with E-state index >= 15 is 0 Å². The Morgan fingerprint density at radius 1 is 1.69 bits per heavy atom. The number of nitrogens with two attached hydrogens (primary N) is 1. The van der Waals surface area contributed by atoms with Gasteiger partial charge in [0.2, 0.25) is 5.82 Å². The molecule has 7 nitrogen and oxygen atoms in total. The Kier molecular flexibility index (Phi) is 3.41. The molecule has 1 rings (SSSR count). The van der Waals surface area contributed by atoms with E-state index in [1.807, 2.05) is 0 Å². The molecule has 84 valence electrons. The summed E-state index contributed by atoms with van der Waals surface area (Å²) in [6.45, 7) is 0. The minimum atomic E-state index is -1.20. The second kappa shape index (κ2) is 4.58. The Labute approximate surface area is 94.3 Å². The Morgan fingerprint density at radius 3 is 2.81 bits per heavy atom. The first-order valence-corrected chi connectivity index (χ1v) is 4.31. The molecule has 0 radical (unpaired) electrons. The number of pyridine rings is 1. The van der Waals surface area contributed by atoms with Crippen LogP contribution in [-0.2, 0) is 4.79 Å². The first-order chi connectivity index (χ1) is 7.41. The van der Waals surface area contributed by atoms with Crippen LogP contribution in [0.25, 0.3) is 6.08 Å². The van der Waals surface area contributed by atoms with E-state index in [0.29, 0.717) is 0 Å². The fraction of sp³-hybridized carbons (Fsp3) is 0. The highest BCUT2D eigenvalue weighted by Crippen LogP contribution is 2.26. The molecule has 0 spiro atoms. The zero-order valence-corrected chi connectivity index (χ0v) is 8.51. The van der Waals surface area contributed by atoms with E-state index in [0.717, 1.165) is 18.2 Å². The van der Waals surface area contributed by atoms with Crippen molar-refractivity contribution in [2.24, 2.45) is 0 Å². The molecule has 0 amide bonds. The van der Waals surface area contributed by atoms with Crippen molar-refractivity contribution in [3.8, 4) is 0 Å². The maximum atomic E-state index is 10.5. The van der Waals surface area contributed by atoms with E-state index in [1.54, 1.807) is 0 Å². The van der Waals surface area contributed by atoms with Crippen LogP contribution < -0.4 is 5.73 Å². The molecule has 1 aromatic rings. The number of aliphatic carboxylic acids is 1. The lowest BCUT2D eigenvalue weighted by Gasteiger charge is -2.00. The summed E-state index contributed by atoms with van der Waals surface area (Å²) in [4.78, 5) is 23.6. The van der Waals surface area contributed by atoms with E-state index in [4.69, 9.17) is 22.4 Å². The molecule has 1 aromatic heterocycles. The third-order valence-corrected chi connectivity index (χ3v) is 1.92. The van der Waals surface area contributed by atoms with Crippen LogP contribution in [0.15, 0.2) is 12.1 Å². The fourth-order valence-corrected chi connectivity index (χ4v) is 1.14. The topological polar surface area (TPSA) is 119 Å². The van der Waals surface area contributed by atoms with Crippen molar-refractivity contribution in [3.63, 3.8) is 0 Å². The van der Waals surface area contributed by atoms with Crippen LogP contribution in [-0.4, -0.2) is 21.0 Å².